The number of rotatable bonds is 5. The topological polar surface area (TPSA) is 78.7 Å². The van der Waals surface area contributed by atoms with E-state index < -0.39 is 5.92 Å². The summed E-state index contributed by atoms with van der Waals surface area (Å²) in [5.41, 5.74) is 7.25. The first-order chi connectivity index (χ1) is 14.5. The third kappa shape index (κ3) is 5.01. The Morgan fingerprint density at radius 1 is 1.03 bits per heavy atom. The molecule has 2 aliphatic heterocycles. The molecule has 30 heavy (non-hydrogen) atoms. The molecule has 0 spiro atoms. The number of piperazine rings is 1. The summed E-state index contributed by atoms with van der Waals surface area (Å²) in [7, 11) is 0. The van der Waals surface area contributed by atoms with E-state index in [1.807, 2.05) is 6.07 Å². The average Bonchev–Trinajstić information content (AvgIpc) is 2.74. The predicted molar refractivity (Wildman–Crippen MR) is 115 cm³/mol. The van der Waals surface area contributed by atoms with Gasteiger partial charge in [-0.05, 0) is 68.7 Å². The summed E-state index contributed by atoms with van der Waals surface area (Å²) in [6.45, 7) is 4.63. The molecule has 4 rings (SSSR count). The van der Waals surface area contributed by atoms with E-state index in [0.717, 1.165) is 51.5 Å². The molecule has 2 saturated heterocycles. The van der Waals surface area contributed by atoms with E-state index in [1.54, 1.807) is 6.07 Å². The maximum Gasteiger partial charge on any atom is 0.234 e. The van der Waals surface area contributed by atoms with E-state index in [2.05, 4.69) is 15.1 Å². The van der Waals surface area contributed by atoms with Crippen LogP contribution in [0.2, 0.25) is 0 Å². The number of benzene rings is 1. The van der Waals surface area contributed by atoms with Crippen molar-refractivity contribution in [3.8, 4) is 0 Å². The summed E-state index contributed by atoms with van der Waals surface area (Å²) in [5.74, 6) is -0.507. The average molecular weight is 417 g/mol. The number of hydrogen-bond acceptors (Lipinski definition) is 5. The van der Waals surface area contributed by atoms with Gasteiger partial charge in [0.2, 0.25) is 11.8 Å². The van der Waals surface area contributed by atoms with Crippen molar-refractivity contribution in [2.75, 3.05) is 37.6 Å². The summed E-state index contributed by atoms with van der Waals surface area (Å²) in [6.07, 6.45) is 6.81. The Morgan fingerprint density at radius 3 is 2.43 bits per heavy atom. The van der Waals surface area contributed by atoms with Gasteiger partial charge < -0.3 is 10.6 Å². The molecule has 1 aromatic carbocycles. The fourth-order valence-electron chi connectivity index (χ4n) is 5.06. The number of nitrogens with one attached hydrogen (secondary N) is 1. The summed E-state index contributed by atoms with van der Waals surface area (Å²) in [5, 5.41) is 2.35. The fraction of sp³-hybridized carbons (Fsp3) is 0.652. The normalized spacial score (nSPS) is 28.5. The van der Waals surface area contributed by atoms with Crippen LogP contribution in [0, 0.1) is 11.7 Å². The number of piperidine rings is 1. The van der Waals surface area contributed by atoms with Gasteiger partial charge in [-0.1, -0.05) is 6.07 Å². The van der Waals surface area contributed by atoms with E-state index >= 15 is 0 Å². The highest BCUT2D eigenvalue weighted by Gasteiger charge is 2.29. The molecule has 2 amide bonds. The van der Waals surface area contributed by atoms with Crippen LogP contribution in [0.4, 0.5) is 10.1 Å². The van der Waals surface area contributed by atoms with Gasteiger partial charge in [0.15, 0.2) is 0 Å². The first kappa shape index (κ1) is 21.2. The molecule has 3 N–H and O–H groups in total. The minimum atomic E-state index is -0.447. The molecule has 164 valence electrons. The summed E-state index contributed by atoms with van der Waals surface area (Å²) < 4.78 is 14.8. The Bertz CT molecular complexity index is 770. The number of carbonyl (C=O) groups is 2. The third-order valence-corrected chi connectivity index (χ3v) is 7.07. The Morgan fingerprint density at radius 2 is 1.77 bits per heavy atom. The van der Waals surface area contributed by atoms with Crippen LogP contribution in [0.15, 0.2) is 18.2 Å². The molecule has 6 nitrogen and oxygen atoms in total. The van der Waals surface area contributed by atoms with Gasteiger partial charge >= 0.3 is 0 Å². The minimum Gasteiger partial charge on any atom is -0.367 e. The number of anilines is 1. The first-order valence-corrected chi connectivity index (χ1v) is 11.4. The summed E-state index contributed by atoms with van der Waals surface area (Å²) in [6, 6.07) is 5.49. The van der Waals surface area contributed by atoms with Gasteiger partial charge in [-0.2, -0.15) is 0 Å². The lowest BCUT2D eigenvalue weighted by atomic mass is 9.84. The zero-order valence-corrected chi connectivity index (χ0v) is 17.6. The van der Waals surface area contributed by atoms with Crippen molar-refractivity contribution in [3.05, 3.63) is 29.6 Å². The van der Waals surface area contributed by atoms with Crippen LogP contribution in [-0.4, -0.2) is 55.5 Å². The zero-order valence-electron chi connectivity index (χ0n) is 17.6. The number of nitrogens with zero attached hydrogens (tertiary/aromatic N) is 2. The highest BCUT2D eigenvalue weighted by molar-refractivity contribution is 6.00. The standard InChI is InChI=1S/C23H33FN4O2/c24-20-15-17(19-6-8-22(29)26-23(19)30)3-7-21(20)28-13-11-27(12-14-28)10-9-16-1-4-18(25)5-2-16/h3,7,15-16,18-19H,1-2,4-6,8-14,25H2,(H,26,29,30). The van der Waals surface area contributed by atoms with E-state index in [1.165, 1.54) is 25.3 Å². The predicted octanol–water partition coefficient (Wildman–Crippen LogP) is 2.38. The first-order valence-electron chi connectivity index (χ1n) is 11.4. The lowest BCUT2D eigenvalue weighted by Gasteiger charge is -2.37. The highest BCUT2D eigenvalue weighted by atomic mass is 19.1. The largest absolute Gasteiger partial charge is 0.367 e. The van der Waals surface area contributed by atoms with Crippen LogP contribution in [0.5, 0.6) is 0 Å². The lowest BCUT2D eigenvalue weighted by Crippen LogP contribution is -2.47. The number of nitrogens with two attached hydrogens (primary N) is 1. The Balaban J connectivity index is 1.28. The second-order valence-electron chi connectivity index (χ2n) is 9.11. The van der Waals surface area contributed by atoms with Gasteiger partial charge in [-0.15, -0.1) is 0 Å². The van der Waals surface area contributed by atoms with Gasteiger partial charge in [0.1, 0.15) is 5.82 Å². The van der Waals surface area contributed by atoms with Crippen molar-refractivity contribution in [2.45, 2.75) is 56.9 Å². The van der Waals surface area contributed by atoms with Crippen molar-refractivity contribution in [1.29, 1.82) is 0 Å². The van der Waals surface area contributed by atoms with Gasteiger partial charge in [0.05, 0.1) is 11.6 Å². The molecule has 1 aliphatic carbocycles. The molecule has 2 heterocycles. The van der Waals surface area contributed by atoms with Crippen molar-refractivity contribution in [1.82, 2.24) is 10.2 Å². The van der Waals surface area contributed by atoms with Crippen LogP contribution in [-0.2, 0) is 9.59 Å². The Labute approximate surface area is 178 Å². The van der Waals surface area contributed by atoms with Gasteiger partial charge in [0, 0.05) is 38.6 Å². The summed E-state index contributed by atoms with van der Waals surface area (Å²) >= 11 is 0. The van der Waals surface area contributed by atoms with Gasteiger partial charge in [-0.25, -0.2) is 4.39 Å². The second kappa shape index (κ2) is 9.43. The SMILES string of the molecule is NC1CCC(CCN2CCN(c3ccc(C4CCC(=O)NC4=O)cc3F)CC2)CC1. The number of halogens is 1. The van der Waals surface area contributed by atoms with E-state index in [0.29, 0.717) is 30.1 Å². The molecule has 0 bridgehead atoms. The Kier molecular flexibility index (Phi) is 6.68. The molecule has 0 radical (unpaired) electrons. The molecule has 1 unspecified atom stereocenters. The number of amides is 2. The second-order valence-corrected chi connectivity index (χ2v) is 9.11. The number of imide groups is 1. The van der Waals surface area contributed by atoms with Crippen LogP contribution >= 0.6 is 0 Å². The molecule has 3 aliphatic rings. The fourth-order valence-corrected chi connectivity index (χ4v) is 5.06. The van der Waals surface area contributed by atoms with Gasteiger partial charge in [-0.3, -0.25) is 19.8 Å². The smallest absolute Gasteiger partial charge is 0.234 e. The molecular weight excluding hydrogens is 383 g/mol. The van der Waals surface area contributed by atoms with E-state index in [4.69, 9.17) is 5.73 Å². The number of carbonyl (C=O) groups excluding carboxylic acids is 2. The Hall–Kier alpha value is -1.99. The molecule has 1 aromatic rings. The van der Waals surface area contributed by atoms with Crippen LogP contribution in [0.1, 0.15) is 56.4 Å². The lowest BCUT2D eigenvalue weighted by molar-refractivity contribution is -0.134. The molecular formula is C23H33FN4O2. The molecule has 3 fully saturated rings. The van der Waals surface area contributed by atoms with Crippen molar-refractivity contribution < 1.29 is 14.0 Å². The molecule has 7 heteroatoms. The van der Waals surface area contributed by atoms with E-state index in [-0.39, 0.29) is 17.6 Å². The summed E-state index contributed by atoms with van der Waals surface area (Å²) in [4.78, 5) is 28.0. The molecule has 1 saturated carbocycles. The molecule has 1 atom stereocenters. The van der Waals surface area contributed by atoms with Crippen LogP contribution in [0.3, 0.4) is 0 Å². The highest BCUT2D eigenvalue weighted by Crippen LogP contribution is 2.30. The zero-order chi connectivity index (χ0) is 21.1. The van der Waals surface area contributed by atoms with Crippen molar-refractivity contribution in [2.24, 2.45) is 11.7 Å². The monoisotopic (exact) mass is 416 g/mol. The van der Waals surface area contributed by atoms with E-state index in [9.17, 15) is 14.0 Å². The maximum atomic E-state index is 14.8. The van der Waals surface area contributed by atoms with Crippen molar-refractivity contribution >= 4 is 17.5 Å². The molecule has 0 aromatic heterocycles. The third-order valence-electron chi connectivity index (χ3n) is 7.07. The van der Waals surface area contributed by atoms with Crippen LogP contribution < -0.4 is 16.0 Å². The van der Waals surface area contributed by atoms with Crippen LogP contribution in [0.25, 0.3) is 0 Å². The maximum absolute atomic E-state index is 14.8. The van der Waals surface area contributed by atoms with Crippen molar-refractivity contribution in [3.63, 3.8) is 0 Å². The van der Waals surface area contributed by atoms with Gasteiger partial charge in [0.25, 0.3) is 0 Å². The quantitative estimate of drug-likeness (QED) is 0.721. The number of hydrogen-bond donors (Lipinski definition) is 2. The minimum absolute atomic E-state index is 0.252.